The molecule has 7 nitrogen and oxygen atoms in total. The zero-order chi connectivity index (χ0) is 22.9. The summed E-state index contributed by atoms with van der Waals surface area (Å²) in [5.74, 6) is -0.636. The molecule has 0 radical (unpaired) electrons. The van der Waals surface area contributed by atoms with Gasteiger partial charge in [0, 0.05) is 10.7 Å². The number of aryl methyl sites for hydroxylation is 1. The molecular weight excluding hydrogens is 430 g/mol. The molecule has 0 atom stereocenters. The van der Waals surface area contributed by atoms with Crippen LogP contribution in [0.5, 0.6) is 11.5 Å². The number of nitrogens with one attached hydrogen (secondary N) is 2. The Balaban J connectivity index is 1.57. The van der Waals surface area contributed by atoms with Crippen molar-refractivity contribution in [2.45, 2.75) is 13.5 Å². The number of methoxy groups -OCH3 is 1. The van der Waals surface area contributed by atoms with Crippen molar-refractivity contribution in [2.75, 3.05) is 12.4 Å². The topological polar surface area (TPSA) is 89.0 Å². The Morgan fingerprint density at radius 3 is 2.50 bits per heavy atom. The molecule has 0 aliphatic rings. The van der Waals surface area contributed by atoms with Crippen molar-refractivity contribution in [1.82, 2.24) is 5.43 Å². The van der Waals surface area contributed by atoms with Gasteiger partial charge in [0.25, 0.3) is 0 Å². The van der Waals surface area contributed by atoms with E-state index >= 15 is 0 Å². The predicted molar refractivity (Wildman–Crippen MR) is 124 cm³/mol. The van der Waals surface area contributed by atoms with Crippen LogP contribution in [0.4, 0.5) is 5.69 Å². The number of halogens is 1. The van der Waals surface area contributed by atoms with Gasteiger partial charge in [0.05, 0.1) is 13.3 Å². The highest BCUT2D eigenvalue weighted by atomic mass is 35.5. The molecule has 32 heavy (non-hydrogen) atoms. The zero-order valence-electron chi connectivity index (χ0n) is 17.6. The van der Waals surface area contributed by atoms with Crippen LogP contribution in [0.1, 0.15) is 16.7 Å². The summed E-state index contributed by atoms with van der Waals surface area (Å²) >= 11 is 5.89. The van der Waals surface area contributed by atoms with E-state index in [1.165, 1.54) is 13.3 Å². The Hall–Kier alpha value is -3.84. The summed E-state index contributed by atoms with van der Waals surface area (Å²) in [7, 11) is 1.54. The van der Waals surface area contributed by atoms with Gasteiger partial charge in [-0.2, -0.15) is 5.10 Å². The third-order valence-electron chi connectivity index (χ3n) is 4.45. The first-order valence-electron chi connectivity index (χ1n) is 9.71. The van der Waals surface area contributed by atoms with Crippen LogP contribution >= 0.6 is 11.6 Å². The van der Waals surface area contributed by atoms with Crippen LogP contribution in [0.25, 0.3) is 0 Å². The van der Waals surface area contributed by atoms with E-state index in [0.717, 1.165) is 11.1 Å². The summed E-state index contributed by atoms with van der Waals surface area (Å²) in [5, 5.41) is 6.90. The molecule has 3 aromatic rings. The second kappa shape index (κ2) is 11.0. The number of nitrogens with zero attached hydrogens (tertiary/aromatic N) is 1. The quantitative estimate of drug-likeness (QED) is 0.318. The van der Waals surface area contributed by atoms with Gasteiger partial charge in [-0.3, -0.25) is 9.59 Å². The smallest absolute Gasteiger partial charge is 0.329 e. The number of anilines is 1. The molecule has 0 spiro atoms. The first-order valence-corrected chi connectivity index (χ1v) is 10.1. The lowest BCUT2D eigenvalue weighted by Crippen LogP contribution is -2.32. The predicted octanol–water partition coefficient (Wildman–Crippen LogP) is 4.32. The molecule has 3 aromatic carbocycles. The monoisotopic (exact) mass is 451 g/mol. The normalized spacial score (nSPS) is 10.6. The van der Waals surface area contributed by atoms with Gasteiger partial charge in [-0.05, 0) is 60.0 Å². The first kappa shape index (κ1) is 22.8. The fourth-order valence-corrected chi connectivity index (χ4v) is 3.01. The molecule has 164 valence electrons. The van der Waals surface area contributed by atoms with Crippen LogP contribution in [-0.4, -0.2) is 25.1 Å². The lowest BCUT2D eigenvalue weighted by Gasteiger charge is -2.11. The van der Waals surface area contributed by atoms with Crippen molar-refractivity contribution in [2.24, 2.45) is 5.10 Å². The molecule has 8 heteroatoms. The van der Waals surface area contributed by atoms with Crippen molar-refractivity contribution in [3.05, 3.63) is 88.4 Å². The second-order valence-corrected chi connectivity index (χ2v) is 7.23. The summed E-state index contributed by atoms with van der Waals surface area (Å²) in [6, 6.07) is 19.9. The van der Waals surface area contributed by atoms with Crippen LogP contribution in [0.3, 0.4) is 0 Å². The van der Waals surface area contributed by atoms with Gasteiger partial charge in [-0.15, -0.1) is 0 Å². The Bertz CT molecular complexity index is 1130. The number of rotatable bonds is 7. The third-order valence-corrected chi connectivity index (χ3v) is 4.68. The van der Waals surface area contributed by atoms with Crippen molar-refractivity contribution in [3.63, 3.8) is 0 Å². The standard InChI is InChI=1S/C24H22ClN3O4/c1-16-12-19(25)9-10-20(16)27-23(29)24(30)28-26-14-18-8-11-21(22(13-18)31-2)32-15-17-6-4-3-5-7-17/h3-14H,15H2,1-2H3,(H,27,29)(H,28,30)/b26-14-. The highest BCUT2D eigenvalue weighted by Crippen LogP contribution is 2.28. The molecule has 3 rings (SSSR count). The van der Waals surface area contributed by atoms with E-state index in [-0.39, 0.29) is 0 Å². The minimum atomic E-state index is -0.898. The van der Waals surface area contributed by atoms with Gasteiger partial charge in [-0.1, -0.05) is 41.9 Å². The fourth-order valence-electron chi connectivity index (χ4n) is 2.78. The van der Waals surface area contributed by atoms with Gasteiger partial charge in [0.15, 0.2) is 11.5 Å². The van der Waals surface area contributed by atoms with Crippen LogP contribution in [0.15, 0.2) is 71.8 Å². The van der Waals surface area contributed by atoms with E-state index in [1.807, 2.05) is 30.3 Å². The van der Waals surface area contributed by atoms with E-state index in [0.29, 0.717) is 34.4 Å². The average Bonchev–Trinajstić information content (AvgIpc) is 2.80. The number of ether oxygens (including phenoxy) is 2. The lowest BCUT2D eigenvalue weighted by molar-refractivity contribution is -0.136. The van der Waals surface area contributed by atoms with Crippen molar-refractivity contribution in [1.29, 1.82) is 0 Å². The van der Waals surface area contributed by atoms with Crippen molar-refractivity contribution >= 4 is 35.3 Å². The van der Waals surface area contributed by atoms with Crippen LogP contribution in [0, 0.1) is 6.92 Å². The number of benzene rings is 3. The van der Waals surface area contributed by atoms with Gasteiger partial charge in [0.2, 0.25) is 0 Å². The molecule has 0 saturated carbocycles. The second-order valence-electron chi connectivity index (χ2n) is 6.80. The minimum absolute atomic E-state index is 0.406. The van der Waals surface area contributed by atoms with Crippen LogP contribution < -0.4 is 20.2 Å². The molecule has 0 saturated heterocycles. The summed E-state index contributed by atoms with van der Waals surface area (Å²) in [6.07, 6.45) is 1.40. The summed E-state index contributed by atoms with van der Waals surface area (Å²) in [6.45, 7) is 2.18. The number of carbonyl (C=O) groups excluding carboxylic acids is 2. The molecular formula is C24H22ClN3O4. The van der Waals surface area contributed by atoms with E-state index < -0.39 is 11.8 Å². The summed E-state index contributed by atoms with van der Waals surface area (Å²) in [4.78, 5) is 24.1. The maximum absolute atomic E-state index is 12.1. The van der Waals surface area contributed by atoms with Gasteiger partial charge >= 0.3 is 11.8 Å². The molecule has 2 amide bonds. The zero-order valence-corrected chi connectivity index (χ0v) is 18.3. The molecule has 0 fully saturated rings. The molecule has 0 unspecified atom stereocenters. The SMILES string of the molecule is COc1cc(/C=N\NC(=O)C(=O)Nc2ccc(Cl)cc2C)ccc1OCc1ccccc1. The number of hydrogen-bond acceptors (Lipinski definition) is 5. The number of carbonyl (C=O) groups is 2. The molecule has 0 aromatic heterocycles. The minimum Gasteiger partial charge on any atom is -0.493 e. The Morgan fingerprint density at radius 1 is 1.00 bits per heavy atom. The Labute approximate surface area is 191 Å². The van der Waals surface area contributed by atoms with Gasteiger partial charge in [0.1, 0.15) is 6.61 Å². The van der Waals surface area contributed by atoms with Gasteiger partial charge < -0.3 is 14.8 Å². The Kier molecular flexibility index (Phi) is 7.83. The number of hydrogen-bond donors (Lipinski definition) is 2. The summed E-state index contributed by atoms with van der Waals surface area (Å²) in [5.41, 5.74) is 5.13. The van der Waals surface area contributed by atoms with E-state index in [9.17, 15) is 9.59 Å². The fraction of sp³-hybridized carbons (Fsp3) is 0.125. The van der Waals surface area contributed by atoms with E-state index in [4.69, 9.17) is 21.1 Å². The molecule has 2 N–H and O–H groups in total. The highest BCUT2D eigenvalue weighted by Gasteiger charge is 2.14. The van der Waals surface area contributed by atoms with E-state index in [2.05, 4.69) is 15.8 Å². The van der Waals surface area contributed by atoms with Crippen LogP contribution in [0.2, 0.25) is 5.02 Å². The lowest BCUT2D eigenvalue weighted by atomic mass is 10.2. The Morgan fingerprint density at radius 2 is 1.78 bits per heavy atom. The van der Waals surface area contributed by atoms with Crippen LogP contribution in [-0.2, 0) is 16.2 Å². The highest BCUT2D eigenvalue weighted by molar-refractivity contribution is 6.39. The largest absolute Gasteiger partial charge is 0.493 e. The third kappa shape index (κ3) is 6.33. The van der Waals surface area contributed by atoms with Crippen molar-refractivity contribution in [3.8, 4) is 11.5 Å². The molecule has 0 bridgehead atoms. The number of hydrazone groups is 1. The summed E-state index contributed by atoms with van der Waals surface area (Å²) < 4.78 is 11.2. The maximum atomic E-state index is 12.1. The van der Waals surface area contributed by atoms with Crippen molar-refractivity contribution < 1.29 is 19.1 Å². The van der Waals surface area contributed by atoms with Gasteiger partial charge in [-0.25, -0.2) is 5.43 Å². The number of amides is 2. The molecule has 0 heterocycles. The molecule has 0 aliphatic heterocycles. The molecule has 0 aliphatic carbocycles. The van der Waals surface area contributed by atoms with E-state index in [1.54, 1.807) is 43.3 Å². The average molecular weight is 452 g/mol. The maximum Gasteiger partial charge on any atom is 0.329 e. The first-order chi connectivity index (χ1) is 15.5.